The highest BCUT2D eigenvalue weighted by atomic mass is 32.2. The SMILES string of the molecule is O=C(CNC(=O)c1cccc([N+](=O)[O-])c1)NC1CS(=O)(=O)CC1N1CCCC1. The molecule has 0 bridgehead atoms. The first kappa shape index (κ1) is 20.2. The fourth-order valence-corrected chi connectivity index (χ4v) is 5.63. The van der Waals surface area contributed by atoms with Crippen molar-refractivity contribution >= 4 is 27.3 Å². The summed E-state index contributed by atoms with van der Waals surface area (Å²) in [5.41, 5.74) is -0.151. The molecule has 2 unspecified atom stereocenters. The number of likely N-dealkylation sites (tertiary alicyclic amines) is 1. The van der Waals surface area contributed by atoms with E-state index in [1.165, 1.54) is 18.2 Å². The third-order valence-corrected chi connectivity index (χ3v) is 6.72. The molecule has 10 nitrogen and oxygen atoms in total. The van der Waals surface area contributed by atoms with Crippen LogP contribution in [0.5, 0.6) is 0 Å². The second-order valence-electron chi connectivity index (χ2n) is 7.05. The van der Waals surface area contributed by atoms with Gasteiger partial charge in [0.05, 0.1) is 29.0 Å². The van der Waals surface area contributed by atoms with Crippen molar-refractivity contribution in [2.75, 3.05) is 31.1 Å². The van der Waals surface area contributed by atoms with Crippen molar-refractivity contribution < 1.29 is 22.9 Å². The van der Waals surface area contributed by atoms with E-state index < -0.39 is 32.6 Å². The maximum Gasteiger partial charge on any atom is 0.270 e. The summed E-state index contributed by atoms with van der Waals surface area (Å²) in [6.45, 7) is 1.29. The zero-order valence-electron chi connectivity index (χ0n) is 15.2. The van der Waals surface area contributed by atoms with Gasteiger partial charge in [-0.05, 0) is 32.0 Å². The first-order valence-electron chi connectivity index (χ1n) is 9.02. The smallest absolute Gasteiger partial charge is 0.270 e. The van der Waals surface area contributed by atoms with Crippen molar-refractivity contribution in [3.05, 3.63) is 39.9 Å². The molecule has 2 aliphatic heterocycles. The van der Waals surface area contributed by atoms with Crippen molar-refractivity contribution in [1.29, 1.82) is 0 Å². The van der Waals surface area contributed by atoms with Crippen LogP contribution in [0.15, 0.2) is 24.3 Å². The minimum atomic E-state index is -3.22. The number of nitrogens with zero attached hydrogens (tertiary/aromatic N) is 2. The molecule has 0 saturated carbocycles. The average molecular weight is 410 g/mol. The maximum absolute atomic E-state index is 12.2. The van der Waals surface area contributed by atoms with E-state index in [2.05, 4.69) is 15.5 Å². The molecule has 3 rings (SSSR count). The normalized spacial score (nSPS) is 24.0. The molecule has 0 radical (unpaired) electrons. The number of rotatable bonds is 6. The van der Waals surface area contributed by atoms with Gasteiger partial charge in [0.15, 0.2) is 9.84 Å². The number of carbonyl (C=O) groups excluding carboxylic acids is 2. The number of sulfone groups is 1. The lowest BCUT2D eigenvalue weighted by atomic mass is 10.1. The van der Waals surface area contributed by atoms with E-state index in [1.54, 1.807) is 0 Å². The molecule has 1 aromatic carbocycles. The highest BCUT2D eigenvalue weighted by molar-refractivity contribution is 7.91. The largest absolute Gasteiger partial charge is 0.349 e. The summed E-state index contributed by atoms with van der Waals surface area (Å²) in [5.74, 6) is -1.20. The molecule has 152 valence electrons. The van der Waals surface area contributed by atoms with Gasteiger partial charge >= 0.3 is 0 Å². The summed E-state index contributed by atoms with van der Waals surface area (Å²) in [6, 6.07) is 4.43. The Kier molecular flexibility index (Phi) is 5.94. The number of nitro groups is 1. The van der Waals surface area contributed by atoms with Crippen LogP contribution in [0.1, 0.15) is 23.2 Å². The molecule has 2 aliphatic rings. The van der Waals surface area contributed by atoms with E-state index in [-0.39, 0.29) is 35.3 Å². The Morgan fingerprint density at radius 2 is 1.93 bits per heavy atom. The number of hydrogen-bond acceptors (Lipinski definition) is 7. The third-order valence-electron chi connectivity index (χ3n) is 5.01. The number of non-ortho nitro benzene ring substituents is 1. The Balaban J connectivity index is 1.56. The summed E-state index contributed by atoms with van der Waals surface area (Å²) < 4.78 is 24.0. The fraction of sp³-hybridized carbons (Fsp3) is 0.529. The van der Waals surface area contributed by atoms with Crippen LogP contribution in [-0.4, -0.2) is 73.3 Å². The summed E-state index contributed by atoms with van der Waals surface area (Å²) in [7, 11) is -3.22. The summed E-state index contributed by atoms with van der Waals surface area (Å²) in [4.78, 5) is 36.6. The van der Waals surface area contributed by atoms with Crippen molar-refractivity contribution in [2.24, 2.45) is 0 Å². The van der Waals surface area contributed by atoms with Gasteiger partial charge in [-0.25, -0.2) is 8.42 Å². The van der Waals surface area contributed by atoms with Gasteiger partial charge < -0.3 is 10.6 Å². The molecule has 2 heterocycles. The predicted octanol–water partition coefficient (Wildman–Crippen LogP) is -0.298. The minimum absolute atomic E-state index is 0.0258. The lowest BCUT2D eigenvalue weighted by molar-refractivity contribution is -0.384. The van der Waals surface area contributed by atoms with Gasteiger partial charge in [-0.2, -0.15) is 0 Å². The average Bonchev–Trinajstić information content (AvgIpc) is 3.27. The van der Waals surface area contributed by atoms with Crippen LogP contribution in [0.3, 0.4) is 0 Å². The molecular weight excluding hydrogens is 388 g/mol. The molecule has 2 N–H and O–H groups in total. The topological polar surface area (TPSA) is 139 Å². The van der Waals surface area contributed by atoms with E-state index >= 15 is 0 Å². The van der Waals surface area contributed by atoms with Crippen LogP contribution >= 0.6 is 0 Å². The summed E-state index contributed by atoms with van der Waals surface area (Å²) >= 11 is 0. The molecule has 2 fully saturated rings. The third kappa shape index (κ3) is 4.84. The van der Waals surface area contributed by atoms with Crippen LogP contribution in [0.25, 0.3) is 0 Å². The molecule has 11 heteroatoms. The Morgan fingerprint density at radius 3 is 2.61 bits per heavy atom. The van der Waals surface area contributed by atoms with E-state index in [0.717, 1.165) is 32.0 Å². The minimum Gasteiger partial charge on any atom is -0.349 e. The van der Waals surface area contributed by atoms with E-state index in [1.807, 2.05) is 0 Å². The number of benzene rings is 1. The van der Waals surface area contributed by atoms with Crippen molar-refractivity contribution in [3.63, 3.8) is 0 Å². The molecule has 0 aliphatic carbocycles. The fourth-order valence-electron chi connectivity index (χ4n) is 3.68. The van der Waals surface area contributed by atoms with Crippen LogP contribution < -0.4 is 10.6 Å². The number of nitrogens with one attached hydrogen (secondary N) is 2. The molecule has 0 aromatic heterocycles. The monoisotopic (exact) mass is 410 g/mol. The molecule has 2 atom stereocenters. The number of hydrogen-bond donors (Lipinski definition) is 2. The first-order valence-corrected chi connectivity index (χ1v) is 10.8. The van der Waals surface area contributed by atoms with Crippen LogP contribution in [-0.2, 0) is 14.6 Å². The number of carbonyl (C=O) groups is 2. The Bertz CT molecular complexity index is 881. The van der Waals surface area contributed by atoms with Crippen LogP contribution in [0.2, 0.25) is 0 Å². The van der Waals surface area contributed by atoms with E-state index in [0.29, 0.717) is 0 Å². The Labute approximate surface area is 162 Å². The quantitative estimate of drug-likeness (QED) is 0.485. The molecule has 0 spiro atoms. The number of nitro benzene ring substituents is 1. The van der Waals surface area contributed by atoms with Gasteiger partial charge in [-0.15, -0.1) is 0 Å². The molecule has 2 saturated heterocycles. The van der Waals surface area contributed by atoms with Gasteiger partial charge in [0.2, 0.25) is 5.91 Å². The van der Waals surface area contributed by atoms with Gasteiger partial charge in [0.25, 0.3) is 11.6 Å². The summed E-state index contributed by atoms with van der Waals surface area (Å²) in [6.07, 6.45) is 2.02. The van der Waals surface area contributed by atoms with Crippen LogP contribution in [0, 0.1) is 10.1 Å². The second-order valence-corrected chi connectivity index (χ2v) is 9.21. The highest BCUT2D eigenvalue weighted by Gasteiger charge is 2.42. The Morgan fingerprint density at radius 1 is 1.21 bits per heavy atom. The van der Waals surface area contributed by atoms with Crippen molar-refractivity contribution in [2.45, 2.75) is 24.9 Å². The Hall–Kier alpha value is -2.53. The standard InChI is InChI=1S/C17H22N4O6S/c22-16(9-18-17(23)12-4-3-5-13(8-12)21(24)25)19-14-10-28(26,27)11-15(14)20-6-1-2-7-20/h3-5,8,14-15H,1-2,6-7,9-11H2,(H,18,23)(H,19,22). The maximum atomic E-state index is 12.2. The van der Waals surface area contributed by atoms with E-state index in [4.69, 9.17) is 0 Å². The van der Waals surface area contributed by atoms with Crippen molar-refractivity contribution in [3.8, 4) is 0 Å². The zero-order chi connectivity index (χ0) is 20.3. The molecule has 1 aromatic rings. The molecular formula is C17H22N4O6S. The predicted molar refractivity (Wildman–Crippen MR) is 101 cm³/mol. The van der Waals surface area contributed by atoms with Gasteiger partial charge in [0.1, 0.15) is 0 Å². The van der Waals surface area contributed by atoms with Crippen LogP contribution in [0.4, 0.5) is 5.69 Å². The molecule has 28 heavy (non-hydrogen) atoms. The van der Waals surface area contributed by atoms with Gasteiger partial charge in [0, 0.05) is 23.7 Å². The zero-order valence-corrected chi connectivity index (χ0v) is 16.0. The lowest BCUT2D eigenvalue weighted by Crippen LogP contribution is -2.52. The second kappa shape index (κ2) is 8.23. The van der Waals surface area contributed by atoms with Crippen molar-refractivity contribution in [1.82, 2.24) is 15.5 Å². The molecule has 2 amide bonds. The van der Waals surface area contributed by atoms with E-state index in [9.17, 15) is 28.1 Å². The highest BCUT2D eigenvalue weighted by Crippen LogP contribution is 2.22. The van der Waals surface area contributed by atoms with Gasteiger partial charge in [-0.3, -0.25) is 24.6 Å². The lowest BCUT2D eigenvalue weighted by Gasteiger charge is -2.28. The summed E-state index contributed by atoms with van der Waals surface area (Å²) in [5, 5.41) is 15.9. The first-order chi connectivity index (χ1) is 13.2. The number of amides is 2. The van der Waals surface area contributed by atoms with Gasteiger partial charge in [-0.1, -0.05) is 6.07 Å².